The molecule has 0 unspecified atom stereocenters. The Hall–Kier alpha value is -1.28. The number of halogens is 1. The van der Waals surface area contributed by atoms with Crippen molar-refractivity contribution in [2.24, 2.45) is 5.92 Å². The molecule has 0 aliphatic heterocycles. The van der Waals surface area contributed by atoms with E-state index in [4.69, 9.17) is 11.6 Å². The molecule has 1 fully saturated rings. The average molecular weight is 236 g/mol. The number of amides is 1. The van der Waals surface area contributed by atoms with Gasteiger partial charge in [0.2, 0.25) is 5.91 Å². The number of nitrogens with one attached hydrogen (secondary N) is 1. The van der Waals surface area contributed by atoms with Gasteiger partial charge in [-0.05, 0) is 36.5 Å². The Labute approximate surface area is 100 Å². The lowest BCUT2D eigenvalue weighted by Gasteiger charge is -1.99. The Kier molecular flexibility index (Phi) is 3.62. The molecule has 84 valence electrons. The summed E-state index contributed by atoms with van der Waals surface area (Å²) in [6.07, 6.45) is 5.76. The van der Waals surface area contributed by atoms with E-state index in [9.17, 15) is 4.79 Å². The van der Waals surface area contributed by atoms with Gasteiger partial charge in [-0.15, -0.1) is 0 Å². The van der Waals surface area contributed by atoms with E-state index in [0.717, 1.165) is 12.1 Å². The summed E-state index contributed by atoms with van der Waals surface area (Å²) in [6, 6.07) is 7.46. The van der Waals surface area contributed by atoms with Crippen molar-refractivity contribution < 1.29 is 4.79 Å². The van der Waals surface area contributed by atoms with Crippen LogP contribution >= 0.6 is 11.6 Å². The van der Waals surface area contributed by atoms with E-state index in [-0.39, 0.29) is 5.91 Å². The predicted octanol–water partition coefficient (Wildman–Crippen LogP) is 2.88. The van der Waals surface area contributed by atoms with Crippen LogP contribution in [0.4, 0.5) is 0 Å². The van der Waals surface area contributed by atoms with Crippen LogP contribution in [-0.2, 0) is 4.79 Å². The molecule has 0 saturated heterocycles. The molecule has 1 amide bonds. The molecule has 0 aromatic heterocycles. The smallest absolute Gasteiger partial charge is 0.244 e. The highest BCUT2D eigenvalue weighted by Crippen LogP contribution is 2.27. The molecule has 0 radical (unpaired) electrons. The van der Waals surface area contributed by atoms with Crippen molar-refractivity contribution >= 4 is 23.6 Å². The fourth-order valence-electron chi connectivity index (χ4n) is 1.40. The summed E-state index contributed by atoms with van der Waals surface area (Å²) in [5.74, 6) is 0.657. The Balaban J connectivity index is 1.87. The number of carbonyl (C=O) groups is 1. The van der Waals surface area contributed by atoms with Crippen LogP contribution in [0, 0.1) is 5.92 Å². The first-order valence-electron chi connectivity index (χ1n) is 5.46. The van der Waals surface area contributed by atoms with Crippen LogP contribution in [0.1, 0.15) is 18.4 Å². The first kappa shape index (κ1) is 11.2. The SMILES string of the molecule is O=C(/C=C/c1ccccc1Cl)NCC1CC1. The summed E-state index contributed by atoms with van der Waals surface area (Å²) in [6.45, 7) is 0.797. The Morgan fingerprint density at radius 1 is 1.44 bits per heavy atom. The molecule has 1 aliphatic rings. The second-order valence-corrected chi connectivity index (χ2v) is 4.45. The van der Waals surface area contributed by atoms with E-state index in [1.54, 1.807) is 6.08 Å². The molecule has 1 aromatic rings. The lowest BCUT2D eigenvalue weighted by Crippen LogP contribution is -2.23. The summed E-state index contributed by atoms with van der Waals surface area (Å²) in [7, 11) is 0. The lowest BCUT2D eigenvalue weighted by molar-refractivity contribution is -0.116. The molecule has 2 rings (SSSR count). The summed E-state index contributed by atoms with van der Waals surface area (Å²) in [5.41, 5.74) is 0.866. The number of benzene rings is 1. The third-order valence-electron chi connectivity index (χ3n) is 2.58. The average Bonchev–Trinajstić information content (AvgIpc) is 3.09. The standard InChI is InChI=1S/C13H14ClNO/c14-12-4-2-1-3-11(12)7-8-13(16)15-9-10-5-6-10/h1-4,7-8,10H,5-6,9H2,(H,15,16)/b8-7+. The van der Waals surface area contributed by atoms with E-state index < -0.39 is 0 Å². The van der Waals surface area contributed by atoms with Gasteiger partial charge in [0.05, 0.1) is 0 Å². The summed E-state index contributed by atoms with van der Waals surface area (Å²) >= 11 is 5.96. The normalized spacial score (nSPS) is 15.3. The zero-order valence-corrected chi connectivity index (χ0v) is 9.70. The minimum atomic E-state index is -0.0492. The highest BCUT2D eigenvalue weighted by Gasteiger charge is 2.20. The second-order valence-electron chi connectivity index (χ2n) is 4.04. The van der Waals surface area contributed by atoms with Gasteiger partial charge < -0.3 is 5.32 Å². The van der Waals surface area contributed by atoms with E-state index in [0.29, 0.717) is 10.9 Å². The second kappa shape index (κ2) is 5.17. The van der Waals surface area contributed by atoms with Gasteiger partial charge in [-0.1, -0.05) is 29.8 Å². The molecule has 1 saturated carbocycles. The third kappa shape index (κ3) is 3.38. The van der Waals surface area contributed by atoms with Gasteiger partial charge in [0, 0.05) is 17.6 Å². The van der Waals surface area contributed by atoms with Crippen molar-refractivity contribution in [2.75, 3.05) is 6.54 Å². The summed E-state index contributed by atoms with van der Waals surface area (Å²) in [5, 5.41) is 3.53. The van der Waals surface area contributed by atoms with Crippen molar-refractivity contribution in [3.63, 3.8) is 0 Å². The minimum Gasteiger partial charge on any atom is -0.352 e. The van der Waals surface area contributed by atoms with Crippen molar-refractivity contribution in [1.82, 2.24) is 5.32 Å². The minimum absolute atomic E-state index is 0.0492. The van der Waals surface area contributed by atoms with Gasteiger partial charge in [-0.3, -0.25) is 4.79 Å². The maximum atomic E-state index is 11.4. The predicted molar refractivity (Wildman–Crippen MR) is 66.2 cm³/mol. The van der Waals surface area contributed by atoms with Gasteiger partial charge in [0.15, 0.2) is 0 Å². The molecule has 2 nitrogen and oxygen atoms in total. The van der Waals surface area contributed by atoms with Crippen LogP contribution in [0.15, 0.2) is 30.3 Å². The lowest BCUT2D eigenvalue weighted by atomic mass is 10.2. The van der Waals surface area contributed by atoms with E-state index in [1.807, 2.05) is 24.3 Å². The maximum absolute atomic E-state index is 11.4. The first-order valence-corrected chi connectivity index (χ1v) is 5.84. The first-order chi connectivity index (χ1) is 7.75. The molecule has 3 heteroatoms. The van der Waals surface area contributed by atoms with Gasteiger partial charge in [-0.2, -0.15) is 0 Å². The van der Waals surface area contributed by atoms with Crippen LogP contribution in [0.25, 0.3) is 6.08 Å². The van der Waals surface area contributed by atoms with Crippen LogP contribution < -0.4 is 5.32 Å². The van der Waals surface area contributed by atoms with E-state index in [1.165, 1.54) is 18.9 Å². The molecule has 0 spiro atoms. The molecule has 0 bridgehead atoms. The Bertz CT molecular complexity index is 410. The highest BCUT2D eigenvalue weighted by molar-refractivity contribution is 6.32. The van der Waals surface area contributed by atoms with Crippen molar-refractivity contribution in [1.29, 1.82) is 0 Å². The molecule has 1 aliphatic carbocycles. The number of hydrogen-bond donors (Lipinski definition) is 1. The molecule has 1 aromatic carbocycles. The summed E-state index contributed by atoms with van der Waals surface area (Å²) in [4.78, 5) is 11.4. The van der Waals surface area contributed by atoms with Gasteiger partial charge in [0.1, 0.15) is 0 Å². The van der Waals surface area contributed by atoms with Crippen molar-refractivity contribution in [3.8, 4) is 0 Å². The highest BCUT2D eigenvalue weighted by atomic mass is 35.5. The zero-order valence-electron chi connectivity index (χ0n) is 8.95. The maximum Gasteiger partial charge on any atom is 0.244 e. The van der Waals surface area contributed by atoms with Crippen LogP contribution in [-0.4, -0.2) is 12.5 Å². The number of hydrogen-bond acceptors (Lipinski definition) is 1. The number of carbonyl (C=O) groups excluding carboxylic acids is 1. The van der Waals surface area contributed by atoms with Crippen molar-refractivity contribution in [2.45, 2.75) is 12.8 Å². The quantitative estimate of drug-likeness (QED) is 0.799. The Morgan fingerprint density at radius 2 is 2.19 bits per heavy atom. The topological polar surface area (TPSA) is 29.1 Å². The van der Waals surface area contributed by atoms with Crippen LogP contribution in [0.2, 0.25) is 5.02 Å². The monoisotopic (exact) mass is 235 g/mol. The van der Waals surface area contributed by atoms with E-state index >= 15 is 0 Å². The molecule has 1 N–H and O–H groups in total. The van der Waals surface area contributed by atoms with Gasteiger partial charge in [-0.25, -0.2) is 0 Å². The molecule has 0 atom stereocenters. The van der Waals surface area contributed by atoms with Gasteiger partial charge >= 0.3 is 0 Å². The Morgan fingerprint density at radius 3 is 2.88 bits per heavy atom. The van der Waals surface area contributed by atoms with Crippen molar-refractivity contribution in [3.05, 3.63) is 40.9 Å². The van der Waals surface area contributed by atoms with E-state index in [2.05, 4.69) is 5.32 Å². The molecule has 16 heavy (non-hydrogen) atoms. The third-order valence-corrected chi connectivity index (χ3v) is 2.93. The fraction of sp³-hybridized carbons (Fsp3) is 0.308. The molecular weight excluding hydrogens is 222 g/mol. The fourth-order valence-corrected chi connectivity index (χ4v) is 1.60. The number of rotatable bonds is 4. The van der Waals surface area contributed by atoms with Crippen LogP contribution in [0.3, 0.4) is 0 Å². The molecule has 0 heterocycles. The largest absolute Gasteiger partial charge is 0.352 e. The zero-order chi connectivity index (χ0) is 11.4. The molecular formula is C13H14ClNO. The summed E-state index contributed by atoms with van der Waals surface area (Å²) < 4.78 is 0. The van der Waals surface area contributed by atoms with Gasteiger partial charge in [0.25, 0.3) is 0 Å². The van der Waals surface area contributed by atoms with Crippen LogP contribution in [0.5, 0.6) is 0 Å².